The van der Waals surface area contributed by atoms with Gasteiger partial charge >= 0.3 is 0 Å². The summed E-state index contributed by atoms with van der Waals surface area (Å²) in [6.45, 7) is 8.55. The molecule has 5 heteroatoms. The molecule has 0 aliphatic carbocycles. The fourth-order valence-electron chi connectivity index (χ4n) is 2.11. The van der Waals surface area contributed by atoms with Crippen molar-refractivity contribution in [2.75, 3.05) is 44.4 Å². The van der Waals surface area contributed by atoms with Crippen LogP contribution in [0.15, 0.2) is 16.6 Å². The number of morpholine rings is 1. The molecule has 0 radical (unpaired) electrons. The number of hydrogen-bond acceptors (Lipinski definition) is 4. The van der Waals surface area contributed by atoms with Crippen molar-refractivity contribution in [3.63, 3.8) is 0 Å². The first-order valence-corrected chi connectivity index (χ1v) is 7.47. The maximum Gasteiger partial charge on any atom is 0.143 e. The zero-order chi connectivity index (χ0) is 13.7. The summed E-state index contributed by atoms with van der Waals surface area (Å²) in [6.07, 6.45) is 0. The van der Waals surface area contributed by atoms with E-state index >= 15 is 0 Å². The van der Waals surface area contributed by atoms with Gasteiger partial charge in [0, 0.05) is 25.2 Å². The molecule has 0 spiro atoms. The van der Waals surface area contributed by atoms with Crippen molar-refractivity contribution in [2.24, 2.45) is 0 Å². The van der Waals surface area contributed by atoms with Gasteiger partial charge in [0.05, 0.1) is 36.6 Å². The van der Waals surface area contributed by atoms with Crippen molar-refractivity contribution in [3.05, 3.63) is 16.6 Å². The highest BCUT2D eigenvalue weighted by atomic mass is 79.9. The van der Waals surface area contributed by atoms with Gasteiger partial charge < -0.3 is 19.1 Å². The SMILES string of the molecule is CCOc1cc(N2CCOCC2)c(OCC)cc1Br. The molecule has 0 atom stereocenters. The van der Waals surface area contributed by atoms with Crippen LogP contribution in [0.5, 0.6) is 11.5 Å². The molecule has 1 aromatic carbocycles. The molecule has 0 bridgehead atoms. The Morgan fingerprint density at radius 1 is 1.11 bits per heavy atom. The van der Waals surface area contributed by atoms with Gasteiger partial charge in [0.1, 0.15) is 11.5 Å². The van der Waals surface area contributed by atoms with Crippen LogP contribution in [-0.4, -0.2) is 39.5 Å². The zero-order valence-electron chi connectivity index (χ0n) is 11.4. The maximum absolute atomic E-state index is 5.74. The predicted molar refractivity (Wildman–Crippen MR) is 79.5 cm³/mol. The minimum atomic E-state index is 0.648. The fraction of sp³-hybridized carbons (Fsp3) is 0.571. The molecule has 0 amide bonds. The Bertz CT molecular complexity index is 419. The first-order chi connectivity index (χ1) is 9.26. The van der Waals surface area contributed by atoms with E-state index in [-0.39, 0.29) is 0 Å². The van der Waals surface area contributed by atoms with Crippen LogP contribution >= 0.6 is 15.9 Å². The number of anilines is 1. The van der Waals surface area contributed by atoms with Crippen LogP contribution in [0.1, 0.15) is 13.8 Å². The van der Waals surface area contributed by atoms with Gasteiger partial charge in [0.25, 0.3) is 0 Å². The zero-order valence-corrected chi connectivity index (χ0v) is 13.0. The van der Waals surface area contributed by atoms with Crippen molar-refractivity contribution < 1.29 is 14.2 Å². The van der Waals surface area contributed by atoms with Crippen LogP contribution in [0.4, 0.5) is 5.69 Å². The molecular weight excluding hydrogens is 310 g/mol. The molecule has 2 rings (SSSR count). The molecule has 1 heterocycles. The number of nitrogens with zero attached hydrogens (tertiary/aromatic N) is 1. The molecule has 0 unspecified atom stereocenters. The van der Waals surface area contributed by atoms with E-state index in [2.05, 4.69) is 20.8 Å². The first kappa shape index (κ1) is 14.5. The molecule has 1 fully saturated rings. The Balaban J connectivity index is 2.33. The van der Waals surface area contributed by atoms with E-state index in [1.807, 2.05) is 26.0 Å². The molecule has 0 N–H and O–H groups in total. The predicted octanol–water partition coefficient (Wildman–Crippen LogP) is 3.08. The summed E-state index contributed by atoms with van der Waals surface area (Å²) in [5.74, 6) is 1.74. The normalized spacial score (nSPS) is 15.4. The molecule has 4 nitrogen and oxygen atoms in total. The first-order valence-electron chi connectivity index (χ1n) is 6.68. The molecule has 106 valence electrons. The highest BCUT2D eigenvalue weighted by Crippen LogP contribution is 2.38. The average Bonchev–Trinajstić information content (AvgIpc) is 2.43. The molecule has 0 aromatic heterocycles. The van der Waals surface area contributed by atoms with Gasteiger partial charge in [-0.1, -0.05) is 0 Å². The van der Waals surface area contributed by atoms with Crippen molar-refractivity contribution in [3.8, 4) is 11.5 Å². The van der Waals surface area contributed by atoms with Gasteiger partial charge in [0.2, 0.25) is 0 Å². The van der Waals surface area contributed by atoms with Crippen molar-refractivity contribution in [1.29, 1.82) is 0 Å². The van der Waals surface area contributed by atoms with E-state index in [9.17, 15) is 0 Å². The van der Waals surface area contributed by atoms with Crippen LogP contribution in [0.25, 0.3) is 0 Å². The molecule has 1 saturated heterocycles. The Hall–Kier alpha value is -0.940. The van der Waals surface area contributed by atoms with Gasteiger partial charge in [-0.05, 0) is 29.8 Å². The van der Waals surface area contributed by atoms with E-state index in [0.717, 1.165) is 48.0 Å². The van der Waals surface area contributed by atoms with Gasteiger partial charge in [0.15, 0.2) is 0 Å². The Morgan fingerprint density at radius 2 is 1.74 bits per heavy atom. The minimum absolute atomic E-state index is 0.648. The minimum Gasteiger partial charge on any atom is -0.493 e. The quantitative estimate of drug-likeness (QED) is 0.830. The lowest BCUT2D eigenvalue weighted by molar-refractivity contribution is 0.122. The van der Waals surface area contributed by atoms with Crippen molar-refractivity contribution in [2.45, 2.75) is 13.8 Å². The number of ether oxygens (including phenoxy) is 3. The molecular formula is C14H20BrNO3. The summed E-state index contributed by atoms with van der Waals surface area (Å²) in [6, 6.07) is 4.03. The van der Waals surface area contributed by atoms with Gasteiger partial charge in [-0.15, -0.1) is 0 Å². The van der Waals surface area contributed by atoms with Crippen LogP contribution in [-0.2, 0) is 4.74 Å². The summed E-state index contributed by atoms with van der Waals surface area (Å²) in [7, 11) is 0. The number of hydrogen-bond donors (Lipinski definition) is 0. The number of benzene rings is 1. The molecule has 0 saturated carbocycles. The van der Waals surface area contributed by atoms with E-state index in [1.165, 1.54) is 0 Å². The van der Waals surface area contributed by atoms with Crippen molar-refractivity contribution >= 4 is 21.6 Å². The van der Waals surface area contributed by atoms with Gasteiger partial charge in [-0.25, -0.2) is 0 Å². The van der Waals surface area contributed by atoms with Gasteiger partial charge in [-0.2, -0.15) is 0 Å². The van der Waals surface area contributed by atoms with Crippen LogP contribution < -0.4 is 14.4 Å². The molecule has 1 aromatic rings. The average molecular weight is 330 g/mol. The third kappa shape index (κ3) is 3.54. The highest BCUT2D eigenvalue weighted by Gasteiger charge is 2.18. The van der Waals surface area contributed by atoms with E-state index in [1.54, 1.807) is 0 Å². The summed E-state index contributed by atoms with van der Waals surface area (Å²) in [4.78, 5) is 2.28. The third-order valence-electron chi connectivity index (χ3n) is 2.96. The molecule has 1 aliphatic heterocycles. The lowest BCUT2D eigenvalue weighted by atomic mass is 10.2. The second kappa shape index (κ2) is 7.01. The summed E-state index contributed by atoms with van der Waals surface area (Å²) < 4.78 is 17.7. The molecule has 1 aliphatic rings. The smallest absolute Gasteiger partial charge is 0.143 e. The second-order valence-electron chi connectivity index (χ2n) is 4.22. The van der Waals surface area contributed by atoms with E-state index in [0.29, 0.717) is 13.2 Å². The van der Waals surface area contributed by atoms with Gasteiger partial charge in [-0.3, -0.25) is 0 Å². The number of rotatable bonds is 5. The standard InChI is InChI=1S/C14H20BrNO3/c1-3-18-13-10-12(16-5-7-17-8-6-16)14(19-4-2)9-11(13)15/h9-10H,3-8H2,1-2H3. The topological polar surface area (TPSA) is 30.9 Å². The lowest BCUT2D eigenvalue weighted by Crippen LogP contribution is -2.36. The van der Waals surface area contributed by atoms with E-state index in [4.69, 9.17) is 14.2 Å². The lowest BCUT2D eigenvalue weighted by Gasteiger charge is -2.30. The van der Waals surface area contributed by atoms with Crippen LogP contribution in [0.2, 0.25) is 0 Å². The van der Waals surface area contributed by atoms with Crippen LogP contribution in [0.3, 0.4) is 0 Å². The highest BCUT2D eigenvalue weighted by molar-refractivity contribution is 9.10. The van der Waals surface area contributed by atoms with E-state index < -0.39 is 0 Å². The largest absolute Gasteiger partial charge is 0.493 e. The van der Waals surface area contributed by atoms with Crippen molar-refractivity contribution in [1.82, 2.24) is 0 Å². The Kier molecular flexibility index (Phi) is 5.34. The fourth-order valence-corrected chi connectivity index (χ4v) is 2.55. The monoisotopic (exact) mass is 329 g/mol. The summed E-state index contributed by atoms with van der Waals surface area (Å²) in [5, 5.41) is 0. The third-order valence-corrected chi connectivity index (χ3v) is 3.58. The van der Waals surface area contributed by atoms with Crippen LogP contribution in [0, 0.1) is 0 Å². The maximum atomic E-state index is 5.74. The second-order valence-corrected chi connectivity index (χ2v) is 5.07. The Labute approximate surface area is 122 Å². The molecule has 19 heavy (non-hydrogen) atoms. The Morgan fingerprint density at radius 3 is 2.37 bits per heavy atom. The number of halogens is 1. The summed E-state index contributed by atoms with van der Waals surface area (Å²) in [5.41, 5.74) is 1.08. The summed E-state index contributed by atoms with van der Waals surface area (Å²) >= 11 is 3.53.